The molecule has 1 aliphatic rings. The molecule has 3 aromatic rings. The summed E-state index contributed by atoms with van der Waals surface area (Å²) >= 11 is 0. The Morgan fingerprint density at radius 1 is 0.962 bits per heavy atom. The predicted molar refractivity (Wildman–Crippen MR) is 107 cm³/mol. The molecule has 0 radical (unpaired) electrons. The fourth-order valence-electron chi connectivity index (χ4n) is 3.67. The lowest BCUT2D eigenvalue weighted by Crippen LogP contribution is -2.30. The molecule has 1 aliphatic carbocycles. The van der Waals surface area contributed by atoms with Crippen molar-refractivity contribution in [2.45, 2.75) is 51.6 Å². The van der Waals surface area contributed by atoms with Gasteiger partial charge in [-0.2, -0.15) is 0 Å². The Kier molecular flexibility index (Phi) is 5.16. The molecule has 1 saturated carbocycles. The quantitative estimate of drug-likeness (QED) is 0.638. The number of nitrogens with zero attached hydrogens (tertiary/aromatic N) is 1. The van der Waals surface area contributed by atoms with Crippen LogP contribution in [0.4, 0.5) is 0 Å². The van der Waals surface area contributed by atoms with Gasteiger partial charge < -0.3 is 10.1 Å². The van der Waals surface area contributed by atoms with E-state index in [1.807, 2.05) is 37.3 Å². The van der Waals surface area contributed by atoms with Crippen molar-refractivity contribution in [3.63, 3.8) is 0 Å². The first kappa shape index (κ1) is 17.0. The van der Waals surface area contributed by atoms with Gasteiger partial charge in [0.2, 0.25) is 0 Å². The van der Waals surface area contributed by atoms with Crippen LogP contribution < -0.4 is 10.1 Å². The molecular weight excluding hydrogens is 320 g/mol. The van der Waals surface area contributed by atoms with E-state index in [9.17, 15) is 0 Å². The van der Waals surface area contributed by atoms with Crippen molar-refractivity contribution in [1.29, 1.82) is 0 Å². The Morgan fingerprint density at radius 3 is 2.58 bits per heavy atom. The molecule has 26 heavy (non-hydrogen) atoms. The number of ether oxygens (including phenoxy) is 1. The highest BCUT2D eigenvalue weighted by molar-refractivity contribution is 5.84. The molecule has 0 spiro atoms. The van der Waals surface area contributed by atoms with Crippen molar-refractivity contribution < 1.29 is 4.74 Å². The molecule has 1 heterocycles. The van der Waals surface area contributed by atoms with Gasteiger partial charge in [-0.05, 0) is 49.6 Å². The molecule has 4 rings (SSSR count). The molecule has 0 atom stereocenters. The first-order chi connectivity index (χ1) is 12.8. The van der Waals surface area contributed by atoms with Crippen molar-refractivity contribution in [3.05, 3.63) is 65.9 Å². The fourth-order valence-corrected chi connectivity index (χ4v) is 3.67. The van der Waals surface area contributed by atoms with E-state index in [2.05, 4.69) is 34.6 Å². The van der Waals surface area contributed by atoms with Gasteiger partial charge in [0, 0.05) is 23.7 Å². The molecule has 0 amide bonds. The lowest BCUT2D eigenvalue weighted by Gasteiger charge is -2.22. The minimum Gasteiger partial charge on any atom is -0.455 e. The summed E-state index contributed by atoms with van der Waals surface area (Å²) in [5.74, 6) is 1.65. The maximum atomic E-state index is 6.11. The van der Waals surface area contributed by atoms with Crippen LogP contribution in [-0.4, -0.2) is 11.0 Å². The summed E-state index contributed by atoms with van der Waals surface area (Å²) in [7, 11) is 0. The first-order valence-electron chi connectivity index (χ1n) is 9.64. The number of pyridine rings is 1. The van der Waals surface area contributed by atoms with E-state index in [1.54, 1.807) is 0 Å². The van der Waals surface area contributed by atoms with Gasteiger partial charge in [-0.25, -0.2) is 4.98 Å². The van der Waals surface area contributed by atoms with Crippen LogP contribution in [0.2, 0.25) is 0 Å². The molecule has 3 heteroatoms. The largest absolute Gasteiger partial charge is 0.455 e. The lowest BCUT2D eigenvalue weighted by atomic mass is 9.95. The first-order valence-corrected chi connectivity index (χ1v) is 9.64. The fraction of sp³-hybridized carbons (Fsp3) is 0.348. The maximum absolute atomic E-state index is 6.11. The molecule has 1 aromatic heterocycles. The molecule has 0 saturated heterocycles. The van der Waals surface area contributed by atoms with Gasteiger partial charge in [-0.1, -0.05) is 49.6 Å². The van der Waals surface area contributed by atoms with Crippen LogP contribution in [0.5, 0.6) is 11.5 Å². The average molecular weight is 346 g/mol. The van der Waals surface area contributed by atoms with E-state index in [1.165, 1.54) is 37.7 Å². The summed E-state index contributed by atoms with van der Waals surface area (Å²) in [5, 5.41) is 4.79. The predicted octanol–water partition coefficient (Wildman–Crippen LogP) is 5.76. The number of rotatable bonds is 5. The van der Waals surface area contributed by atoms with Crippen LogP contribution >= 0.6 is 0 Å². The van der Waals surface area contributed by atoms with E-state index in [4.69, 9.17) is 4.74 Å². The van der Waals surface area contributed by atoms with Crippen LogP contribution in [-0.2, 0) is 6.54 Å². The minimum absolute atomic E-state index is 0.685. The Labute approximate surface area is 155 Å². The molecule has 1 fully saturated rings. The smallest absolute Gasteiger partial charge is 0.153 e. The minimum atomic E-state index is 0.685. The zero-order valence-corrected chi connectivity index (χ0v) is 15.4. The summed E-state index contributed by atoms with van der Waals surface area (Å²) in [6.45, 7) is 2.93. The number of hydrogen-bond donors (Lipinski definition) is 1. The van der Waals surface area contributed by atoms with Crippen molar-refractivity contribution in [2.24, 2.45) is 0 Å². The number of benzene rings is 2. The summed E-state index contributed by atoms with van der Waals surface area (Å²) in [4.78, 5) is 4.64. The number of fused-ring (bicyclic) bond motifs is 1. The Balaban J connectivity index is 1.43. The third-order valence-electron chi connectivity index (χ3n) is 5.17. The van der Waals surface area contributed by atoms with Crippen molar-refractivity contribution in [1.82, 2.24) is 10.3 Å². The standard InChI is InChI=1S/C23H26N2O/c1-17-10-13-19-6-5-9-22(23(19)25-17)26-21-14-11-18(12-15-21)16-24-20-7-3-2-4-8-20/h5-6,9-15,20,24H,2-4,7-8,16H2,1H3. The Hall–Kier alpha value is -2.39. The molecular formula is C23H26N2O. The normalized spacial score (nSPS) is 15.3. The number of hydrogen-bond acceptors (Lipinski definition) is 3. The van der Waals surface area contributed by atoms with E-state index < -0.39 is 0 Å². The van der Waals surface area contributed by atoms with Crippen LogP contribution in [0, 0.1) is 6.92 Å². The molecule has 0 bridgehead atoms. The topological polar surface area (TPSA) is 34.1 Å². The zero-order valence-electron chi connectivity index (χ0n) is 15.4. The SMILES string of the molecule is Cc1ccc2cccc(Oc3ccc(CNC4CCCCC4)cc3)c2n1. The summed E-state index contributed by atoms with van der Waals surface area (Å²) in [6, 6.07) is 19.2. The number of aromatic nitrogens is 1. The van der Waals surface area contributed by atoms with Gasteiger partial charge in [0.1, 0.15) is 11.3 Å². The van der Waals surface area contributed by atoms with Crippen LogP contribution in [0.1, 0.15) is 43.4 Å². The second-order valence-corrected chi connectivity index (χ2v) is 7.24. The molecule has 0 aliphatic heterocycles. The van der Waals surface area contributed by atoms with Crippen LogP contribution in [0.25, 0.3) is 10.9 Å². The molecule has 0 unspecified atom stereocenters. The monoisotopic (exact) mass is 346 g/mol. The van der Waals surface area contributed by atoms with Gasteiger partial charge >= 0.3 is 0 Å². The van der Waals surface area contributed by atoms with Gasteiger partial charge in [0.15, 0.2) is 5.75 Å². The zero-order chi connectivity index (χ0) is 17.8. The van der Waals surface area contributed by atoms with Crippen molar-refractivity contribution >= 4 is 10.9 Å². The highest BCUT2D eigenvalue weighted by atomic mass is 16.5. The van der Waals surface area contributed by atoms with Crippen molar-refractivity contribution in [2.75, 3.05) is 0 Å². The molecule has 3 nitrogen and oxygen atoms in total. The third-order valence-corrected chi connectivity index (χ3v) is 5.17. The van der Waals surface area contributed by atoms with Gasteiger partial charge in [-0.3, -0.25) is 0 Å². The second-order valence-electron chi connectivity index (χ2n) is 7.24. The Morgan fingerprint density at radius 2 is 1.77 bits per heavy atom. The van der Waals surface area contributed by atoms with E-state index in [0.717, 1.165) is 34.6 Å². The average Bonchev–Trinajstić information content (AvgIpc) is 2.69. The maximum Gasteiger partial charge on any atom is 0.153 e. The Bertz CT molecular complexity index is 867. The third kappa shape index (κ3) is 4.05. The highest BCUT2D eigenvalue weighted by Crippen LogP contribution is 2.29. The number of nitrogens with one attached hydrogen (secondary N) is 1. The molecule has 1 N–H and O–H groups in total. The second kappa shape index (κ2) is 7.88. The summed E-state index contributed by atoms with van der Waals surface area (Å²) in [5.41, 5.74) is 3.21. The number of para-hydroxylation sites is 1. The van der Waals surface area contributed by atoms with Gasteiger partial charge in [0.25, 0.3) is 0 Å². The van der Waals surface area contributed by atoms with Gasteiger partial charge in [-0.15, -0.1) is 0 Å². The van der Waals surface area contributed by atoms with Crippen LogP contribution in [0.3, 0.4) is 0 Å². The highest BCUT2D eigenvalue weighted by Gasteiger charge is 2.12. The van der Waals surface area contributed by atoms with E-state index >= 15 is 0 Å². The summed E-state index contributed by atoms with van der Waals surface area (Å²) < 4.78 is 6.11. The lowest BCUT2D eigenvalue weighted by molar-refractivity contribution is 0.372. The van der Waals surface area contributed by atoms with Crippen molar-refractivity contribution in [3.8, 4) is 11.5 Å². The molecule has 2 aromatic carbocycles. The van der Waals surface area contributed by atoms with E-state index in [0.29, 0.717) is 6.04 Å². The number of aryl methyl sites for hydroxylation is 1. The summed E-state index contributed by atoms with van der Waals surface area (Å²) in [6.07, 6.45) is 6.75. The van der Waals surface area contributed by atoms with E-state index in [-0.39, 0.29) is 0 Å². The van der Waals surface area contributed by atoms with Crippen LogP contribution in [0.15, 0.2) is 54.6 Å². The molecule has 134 valence electrons. The van der Waals surface area contributed by atoms with Gasteiger partial charge in [0.05, 0.1) is 0 Å².